The lowest BCUT2D eigenvalue weighted by Crippen LogP contribution is -2.15. The van der Waals surface area contributed by atoms with Crippen LogP contribution < -0.4 is 10.5 Å². The molecule has 1 saturated heterocycles. The second-order valence-corrected chi connectivity index (χ2v) is 5.14. The molecule has 1 fully saturated rings. The van der Waals surface area contributed by atoms with Gasteiger partial charge in [-0.1, -0.05) is 16.8 Å². The molecule has 14 heavy (non-hydrogen) atoms. The number of nitrogens with two attached hydrogens (primary N) is 1. The Labute approximate surface area is 86.4 Å². The summed E-state index contributed by atoms with van der Waals surface area (Å²) in [5, 5.41) is 0. The molecule has 0 atom stereocenters. The largest absolute Gasteiger partial charge is 0.492 e. The van der Waals surface area contributed by atoms with Gasteiger partial charge in [0.1, 0.15) is 5.69 Å². The first-order chi connectivity index (χ1) is 6.81. The highest BCUT2D eigenvalue weighted by molar-refractivity contribution is 7.88. The van der Waals surface area contributed by atoms with Crippen molar-refractivity contribution < 1.29 is 4.74 Å². The number of hydrogen-bond donors (Lipinski definition) is 1. The van der Waals surface area contributed by atoms with Gasteiger partial charge in [-0.25, -0.2) is 4.36 Å². The zero-order valence-corrected chi connectivity index (χ0v) is 9.01. The fraction of sp³-hybridized carbons (Fsp3) is 0.400. The maximum Gasteiger partial charge on any atom is 0.167 e. The smallest absolute Gasteiger partial charge is 0.167 e. The van der Waals surface area contributed by atoms with E-state index in [9.17, 15) is 0 Å². The number of para-hydroxylation sites is 1. The summed E-state index contributed by atoms with van der Waals surface area (Å²) in [5.74, 6) is 3.16. The van der Waals surface area contributed by atoms with Crippen LogP contribution in [0.15, 0.2) is 22.6 Å². The van der Waals surface area contributed by atoms with Gasteiger partial charge in [-0.15, -0.1) is 0 Å². The van der Waals surface area contributed by atoms with Gasteiger partial charge in [0.2, 0.25) is 0 Å². The van der Waals surface area contributed by atoms with Gasteiger partial charge < -0.3 is 10.5 Å². The molecule has 0 spiro atoms. The minimum absolute atomic E-state index is 0.222. The van der Waals surface area contributed by atoms with Crippen LogP contribution in [0.1, 0.15) is 6.42 Å². The average Bonchev–Trinajstić information content (AvgIpc) is 2.11. The van der Waals surface area contributed by atoms with Crippen LogP contribution in [0.2, 0.25) is 0 Å². The Kier molecular flexibility index (Phi) is 2.72. The van der Waals surface area contributed by atoms with E-state index in [1.165, 1.54) is 17.9 Å². The number of benzene rings is 1. The fourth-order valence-corrected chi connectivity index (χ4v) is 2.49. The summed E-state index contributed by atoms with van der Waals surface area (Å²) in [5.41, 5.74) is 7.35. The lowest BCUT2D eigenvalue weighted by atomic mass is 10.2. The third kappa shape index (κ3) is 1.75. The van der Waals surface area contributed by atoms with Gasteiger partial charge in [0, 0.05) is 11.5 Å². The minimum Gasteiger partial charge on any atom is -0.492 e. The number of hydrogen-bond acceptors (Lipinski definition) is 3. The van der Waals surface area contributed by atoms with Crippen LogP contribution in [0.4, 0.5) is 11.4 Å². The molecule has 0 unspecified atom stereocenters. The predicted octanol–water partition coefficient (Wildman–Crippen LogP) is 2.11. The molecule has 0 amide bonds. The maximum atomic E-state index is 5.79. The number of methoxy groups -OCH3 is 1. The molecule has 0 radical (unpaired) electrons. The van der Waals surface area contributed by atoms with Gasteiger partial charge in [0.25, 0.3) is 0 Å². The van der Waals surface area contributed by atoms with E-state index in [0.717, 1.165) is 5.69 Å². The van der Waals surface area contributed by atoms with E-state index in [2.05, 4.69) is 4.36 Å². The molecule has 0 saturated carbocycles. The molecule has 76 valence electrons. The first-order valence-corrected chi connectivity index (χ1v) is 6.15. The summed E-state index contributed by atoms with van der Waals surface area (Å²) >= 11 is 0. The molecule has 3 nitrogen and oxygen atoms in total. The highest BCUT2D eigenvalue weighted by atomic mass is 32.2. The van der Waals surface area contributed by atoms with Gasteiger partial charge in [0.05, 0.1) is 12.8 Å². The van der Waals surface area contributed by atoms with Gasteiger partial charge >= 0.3 is 0 Å². The van der Waals surface area contributed by atoms with E-state index in [1.807, 2.05) is 18.2 Å². The average molecular weight is 210 g/mol. The zero-order chi connectivity index (χ0) is 9.97. The summed E-state index contributed by atoms with van der Waals surface area (Å²) in [6.45, 7) is 0. The van der Waals surface area contributed by atoms with Crippen LogP contribution in [0, 0.1) is 0 Å². The lowest BCUT2D eigenvalue weighted by Gasteiger charge is -2.17. The van der Waals surface area contributed by atoms with Gasteiger partial charge in [-0.3, -0.25) is 0 Å². The second kappa shape index (κ2) is 4.00. The molecule has 2 N–H and O–H groups in total. The van der Waals surface area contributed by atoms with E-state index in [1.54, 1.807) is 7.11 Å². The highest BCUT2D eigenvalue weighted by Crippen LogP contribution is 2.34. The van der Waals surface area contributed by atoms with E-state index < -0.39 is 0 Å². The number of rotatable bonds is 2. The molecule has 2 rings (SSSR count). The molecule has 1 aliphatic heterocycles. The Morgan fingerprint density at radius 1 is 1.43 bits per heavy atom. The molecule has 1 aromatic rings. The van der Waals surface area contributed by atoms with E-state index in [-0.39, 0.29) is 10.7 Å². The number of anilines is 1. The zero-order valence-electron chi connectivity index (χ0n) is 8.19. The molecular weight excluding hydrogens is 196 g/mol. The van der Waals surface area contributed by atoms with Crippen LogP contribution in [0.3, 0.4) is 0 Å². The maximum absolute atomic E-state index is 5.79. The highest BCUT2D eigenvalue weighted by Gasteiger charge is 2.11. The third-order valence-corrected chi connectivity index (χ3v) is 4.19. The van der Waals surface area contributed by atoms with E-state index in [4.69, 9.17) is 10.5 Å². The number of nitrogen functional groups attached to an aromatic ring is 1. The quantitative estimate of drug-likeness (QED) is 0.760. The van der Waals surface area contributed by atoms with Crippen molar-refractivity contribution >= 4 is 22.1 Å². The number of nitrogens with zero attached hydrogens (tertiary/aromatic N) is 1. The Morgan fingerprint density at radius 3 is 2.79 bits per heavy atom. The molecule has 4 heteroatoms. The molecule has 1 aromatic carbocycles. The second-order valence-electron chi connectivity index (χ2n) is 3.22. The van der Waals surface area contributed by atoms with Gasteiger partial charge in [0.15, 0.2) is 5.75 Å². The van der Waals surface area contributed by atoms with Gasteiger partial charge in [-0.2, -0.15) is 0 Å². The third-order valence-electron chi connectivity index (χ3n) is 2.22. The minimum atomic E-state index is 0.222. The lowest BCUT2D eigenvalue weighted by molar-refractivity contribution is 0.418. The molecule has 0 aliphatic carbocycles. The molecular formula is C10H14N2OS. The van der Waals surface area contributed by atoms with E-state index in [0.29, 0.717) is 11.4 Å². The topological polar surface area (TPSA) is 47.6 Å². The molecule has 1 aliphatic rings. The Hall–Kier alpha value is -1.03. The normalized spacial score (nSPS) is 16.1. The van der Waals surface area contributed by atoms with Crippen LogP contribution >= 0.6 is 0 Å². The van der Waals surface area contributed by atoms with Crippen molar-refractivity contribution in [1.29, 1.82) is 0 Å². The molecule has 0 bridgehead atoms. The van der Waals surface area contributed by atoms with Crippen molar-refractivity contribution in [2.75, 3.05) is 24.3 Å². The monoisotopic (exact) mass is 210 g/mol. The van der Waals surface area contributed by atoms with Crippen LogP contribution in [0.25, 0.3) is 0 Å². The Bertz CT molecular complexity index is 370. The Balaban J connectivity index is 2.36. The van der Waals surface area contributed by atoms with Crippen molar-refractivity contribution in [2.45, 2.75) is 6.42 Å². The summed E-state index contributed by atoms with van der Waals surface area (Å²) in [7, 11) is 1.86. The van der Waals surface area contributed by atoms with Crippen molar-refractivity contribution in [3.05, 3.63) is 18.2 Å². The summed E-state index contributed by atoms with van der Waals surface area (Å²) < 4.78 is 9.85. The SMILES string of the molecule is COc1c(N)cccc1N=S1CCC1. The predicted molar refractivity (Wildman–Crippen MR) is 61.2 cm³/mol. The fourth-order valence-electron chi connectivity index (χ4n) is 1.34. The van der Waals surface area contributed by atoms with Crippen LogP contribution in [0.5, 0.6) is 5.75 Å². The number of ether oxygens (including phenoxy) is 1. The van der Waals surface area contributed by atoms with Crippen molar-refractivity contribution in [2.24, 2.45) is 4.36 Å². The van der Waals surface area contributed by atoms with Crippen LogP contribution in [-0.4, -0.2) is 18.6 Å². The molecule has 0 aromatic heterocycles. The first kappa shape index (κ1) is 9.52. The van der Waals surface area contributed by atoms with Crippen molar-refractivity contribution in [1.82, 2.24) is 0 Å². The standard InChI is InChI=1S/C10H14N2OS/c1-13-10-8(11)4-2-5-9(10)12-14-6-3-7-14/h2,4-5H,3,6-7,11H2,1H3. The molecule has 1 heterocycles. The van der Waals surface area contributed by atoms with Crippen molar-refractivity contribution in [3.8, 4) is 5.75 Å². The van der Waals surface area contributed by atoms with Crippen LogP contribution in [-0.2, 0) is 10.7 Å². The first-order valence-electron chi connectivity index (χ1n) is 4.63. The van der Waals surface area contributed by atoms with Gasteiger partial charge in [-0.05, 0) is 18.6 Å². The summed E-state index contributed by atoms with van der Waals surface area (Å²) in [4.78, 5) is 0. The Morgan fingerprint density at radius 2 is 2.21 bits per heavy atom. The van der Waals surface area contributed by atoms with E-state index >= 15 is 0 Å². The summed E-state index contributed by atoms with van der Waals surface area (Å²) in [6.07, 6.45) is 1.30. The summed E-state index contributed by atoms with van der Waals surface area (Å²) in [6, 6.07) is 5.71. The van der Waals surface area contributed by atoms with Crippen molar-refractivity contribution in [3.63, 3.8) is 0 Å².